The Hall–Kier alpha value is -3.16. The monoisotopic (exact) mass is 453 g/mol. The SMILES string of the molecule is COc1ccc(-n2c(S(=O)CC(=O)Nc3ccc(C)cc3Cl)nc3ccccc32)cc1. The molecule has 31 heavy (non-hydrogen) atoms. The van der Waals surface area contributed by atoms with E-state index in [1.54, 1.807) is 23.8 Å². The average Bonchev–Trinajstić information content (AvgIpc) is 3.15. The van der Waals surface area contributed by atoms with Crippen molar-refractivity contribution in [2.75, 3.05) is 18.2 Å². The number of imidazole rings is 1. The van der Waals surface area contributed by atoms with Crippen molar-refractivity contribution in [3.8, 4) is 11.4 Å². The van der Waals surface area contributed by atoms with Gasteiger partial charge in [-0.05, 0) is 61.0 Å². The van der Waals surface area contributed by atoms with Crippen LogP contribution in [0.15, 0.2) is 71.9 Å². The second kappa shape index (κ2) is 8.91. The number of halogens is 1. The number of hydrogen-bond donors (Lipinski definition) is 1. The molecule has 1 aromatic heterocycles. The number of nitrogens with one attached hydrogen (secondary N) is 1. The van der Waals surface area contributed by atoms with Gasteiger partial charge in [0.05, 0.1) is 39.7 Å². The molecule has 1 atom stereocenters. The Labute approximate surface area is 187 Å². The van der Waals surface area contributed by atoms with E-state index in [4.69, 9.17) is 16.3 Å². The van der Waals surface area contributed by atoms with E-state index in [0.717, 1.165) is 16.8 Å². The van der Waals surface area contributed by atoms with Crippen molar-refractivity contribution in [1.29, 1.82) is 0 Å². The Morgan fingerprint density at radius 1 is 1.13 bits per heavy atom. The second-order valence-electron chi connectivity index (χ2n) is 6.94. The molecule has 158 valence electrons. The Bertz CT molecular complexity index is 1290. The zero-order valence-corrected chi connectivity index (χ0v) is 18.5. The van der Waals surface area contributed by atoms with E-state index < -0.39 is 16.7 Å². The number of carbonyl (C=O) groups excluding carboxylic acids is 1. The number of anilines is 1. The van der Waals surface area contributed by atoms with Gasteiger partial charge in [-0.3, -0.25) is 13.6 Å². The minimum Gasteiger partial charge on any atom is -0.497 e. The highest BCUT2D eigenvalue weighted by atomic mass is 35.5. The Kier molecular flexibility index (Phi) is 6.06. The lowest BCUT2D eigenvalue weighted by molar-refractivity contribution is -0.113. The summed E-state index contributed by atoms with van der Waals surface area (Å²) in [5.74, 6) is 0.0616. The van der Waals surface area contributed by atoms with Crippen molar-refractivity contribution >= 4 is 45.0 Å². The Morgan fingerprint density at radius 2 is 1.87 bits per heavy atom. The predicted molar refractivity (Wildman–Crippen MR) is 124 cm³/mol. The molecule has 1 amide bonds. The number of benzene rings is 3. The van der Waals surface area contributed by atoms with Crippen LogP contribution >= 0.6 is 11.6 Å². The van der Waals surface area contributed by atoms with Gasteiger partial charge in [-0.15, -0.1) is 0 Å². The number of para-hydroxylation sites is 2. The highest BCUT2D eigenvalue weighted by molar-refractivity contribution is 7.85. The van der Waals surface area contributed by atoms with Crippen LogP contribution in [0, 0.1) is 6.92 Å². The fraction of sp³-hybridized carbons (Fsp3) is 0.130. The molecule has 1 N–H and O–H groups in total. The number of rotatable bonds is 6. The summed E-state index contributed by atoms with van der Waals surface area (Å²) in [6, 6.07) is 20.2. The average molecular weight is 454 g/mol. The van der Waals surface area contributed by atoms with Crippen molar-refractivity contribution in [3.05, 3.63) is 77.3 Å². The van der Waals surface area contributed by atoms with Crippen molar-refractivity contribution in [3.63, 3.8) is 0 Å². The second-order valence-corrected chi connectivity index (χ2v) is 8.69. The molecule has 0 aliphatic rings. The van der Waals surface area contributed by atoms with Gasteiger partial charge in [-0.2, -0.15) is 0 Å². The first-order chi connectivity index (χ1) is 15.0. The van der Waals surface area contributed by atoms with Crippen molar-refractivity contribution < 1.29 is 13.7 Å². The molecular weight excluding hydrogens is 434 g/mol. The molecule has 0 radical (unpaired) electrons. The lowest BCUT2D eigenvalue weighted by Crippen LogP contribution is -2.21. The summed E-state index contributed by atoms with van der Waals surface area (Å²) in [5, 5.41) is 3.47. The molecule has 0 aliphatic heterocycles. The lowest BCUT2D eigenvalue weighted by Gasteiger charge is -2.11. The number of carbonyl (C=O) groups is 1. The zero-order valence-electron chi connectivity index (χ0n) is 17.0. The molecule has 4 rings (SSSR count). The van der Waals surface area contributed by atoms with E-state index in [0.29, 0.717) is 27.1 Å². The van der Waals surface area contributed by atoms with Gasteiger partial charge in [-0.25, -0.2) is 4.98 Å². The summed E-state index contributed by atoms with van der Waals surface area (Å²) < 4.78 is 20.2. The van der Waals surface area contributed by atoms with Crippen LogP contribution < -0.4 is 10.1 Å². The number of amides is 1. The largest absolute Gasteiger partial charge is 0.497 e. The third kappa shape index (κ3) is 4.47. The first-order valence-corrected chi connectivity index (χ1v) is 11.2. The quantitative estimate of drug-likeness (QED) is 0.457. The van der Waals surface area contributed by atoms with Gasteiger partial charge in [0.1, 0.15) is 11.5 Å². The van der Waals surface area contributed by atoms with Gasteiger partial charge in [0, 0.05) is 5.69 Å². The summed E-state index contributed by atoms with van der Waals surface area (Å²) in [6.45, 7) is 1.91. The molecule has 3 aromatic carbocycles. The molecule has 0 spiro atoms. The first-order valence-electron chi connectivity index (χ1n) is 9.52. The van der Waals surface area contributed by atoms with Crippen LogP contribution in [-0.4, -0.2) is 32.5 Å². The standard InChI is InChI=1S/C23H20ClN3O3S/c1-15-7-12-19(18(24)13-15)25-22(28)14-31(29)23-26-20-5-3-4-6-21(20)27(23)16-8-10-17(30-2)11-9-16/h3-13H,14H2,1-2H3,(H,25,28). The van der Waals surface area contributed by atoms with Gasteiger partial charge < -0.3 is 10.1 Å². The zero-order chi connectivity index (χ0) is 22.0. The molecule has 4 aromatic rings. The number of aromatic nitrogens is 2. The van der Waals surface area contributed by atoms with E-state index in [9.17, 15) is 9.00 Å². The fourth-order valence-electron chi connectivity index (χ4n) is 3.23. The van der Waals surface area contributed by atoms with E-state index in [-0.39, 0.29) is 5.75 Å². The van der Waals surface area contributed by atoms with E-state index in [1.165, 1.54) is 0 Å². The number of nitrogens with zero attached hydrogens (tertiary/aromatic N) is 2. The Balaban J connectivity index is 1.65. The normalized spacial score (nSPS) is 12.0. The van der Waals surface area contributed by atoms with Crippen molar-refractivity contribution in [2.24, 2.45) is 0 Å². The van der Waals surface area contributed by atoms with Crippen LogP contribution in [0.1, 0.15) is 5.56 Å². The van der Waals surface area contributed by atoms with Crippen molar-refractivity contribution in [1.82, 2.24) is 9.55 Å². The number of aryl methyl sites for hydroxylation is 1. The van der Waals surface area contributed by atoms with E-state index in [1.807, 2.05) is 61.5 Å². The predicted octanol–water partition coefficient (Wildman–Crippen LogP) is 4.74. The minimum absolute atomic E-state index is 0.246. The van der Waals surface area contributed by atoms with Crippen LogP contribution in [0.25, 0.3) is 16.7 Å². The third-order valence-corrected chi connectivity index (χ3v) is 6.24. The summed E-state index contributed by atoms with van der Waals surface area (Å²) in [4.78, 5) is 17.1. The van der Waals surface area contributed by atoms with Crippen molar-refractivity contribution in [2.45, 2.75) is 12.1 Å². The molecule has 6 nitrogen and oxygen atoms in total. The topological polar surface area (TPSA) is 73.2 Å². The van der Waals surface area contributed by atoms with E-state index in [2.05, 4.69) is 10.3 Å². The van der Waals surface area contributed by atoms with Gasteiger partial charge >= 0.3 is 0 Å². The number of hydrogen-bond acceptors (Lipinski definition) is 4. The molecule has 1 unspecified atom stereocenters. The summed E-state index contributed by atoms with van der Waals surface area (Å²) in [5.41, 5.74) is 3.75. The molecule has 0 saturated heterocycles. The van der Waals surface area contributed by atoms with Crippen LogP contribution in [0.3, 0.4) is 0 Å². The van der Waals surface area contributed by atoms with Crippen LogP contribution in [0.5, 0.6) is 5.75 Å². The van der Waals surface area contributed by atoms with Gasteiger partial charge in [-0.1, -0.05) is 29.8 Å². The fourth-order valence-corrected chi connectivity index (χ4v) is 4.56. The maximum absolute atomic E-state index is 13.2. The molecule has 1 heterocycles. The summed E-state index contributed by atoms with van der Waals surface area (Å²) in [7, 11) is -0.0863. The molecule has 0 aliphatic carbocycles. The molecule has 0 saturated carbocycles. The first kappa shape index (κ1) is 21.1. The number of ether oxygens (including phenoxy) is 1. The third-order valence-electron chi connectivity index (χ3n) is 4.73. The van der Waals surface area contributed by atoms with Crippen LogP contribution in [-0.2, 0) is 15.6 Å². The molecule has 8 heteroatoms. The van der Waals surface area contributed by atoms with Gasteiger partial charge in [0.2, 0.25) is 11.1 Å². The highest BCUT2D eigenvalue weighted by Crippen LogP contribution is 2.26. The molecule has 0 fully saturated rings. The summed E-state index contributed by atoms with van der Waals surface area (Å²) in [6.07, 6.45) is 0. The number of methoxy groups -OCH3 is 1. The van der Waals surface area contributed by atoms with Gasteiger partial charge in [0.25, 0.3) is 0 Å². The maximum Gasteiger partial charge on any atom is 0.237 e. The molecular formula is C23H20ClN3O3S. The van der Waals surface area contributed by atoms with Crippen LogP contribution in [0.4, 0.5) is 5.69 Å². The smallest absolute Gasteiger partial charge is 0.237 e. The van der Waals surface area contributed by atoms with Crippen LogP contribution in [0.2, 0.25) is 5.02 Å². The minimum atomic E-state index is -1.68. The van der Waals surface area contributed by atoms with E-state index >= 15 is 0 Å². The highest BCUT2D eigenvalue weighted by Gasteiger charge is 2.20. The number of fused-ring (bicyclic) bond motifs is 1. The molecule has 0 bridgehead atoms. The lowest BCUT2D eigenvalue weighted by atomic mass is 10.2. The summed E-state index contributed by atoms with van der Waals surface area (Å²) >= 11 is 6.19. The Morgan fingerprint density at radius 3 is 2.58 bits per heavy atom. The maximum atomic E-state index is 13.2. The van der Waals surface area contributed by atoms with Gasteiger partial charge in [0.15, 0.2) is 0 Å².